The molecule has 4 heterocycles. The number of rotatable bonds is 4. The zero-order chi connectivity index (χ0) is 25.0. The summed E-state index contributed by atoms with van der Waals surface area (Å²) in [5, 5.41) is 15.6. The van der Waals surface area contributed by atoms with Crippen LogP contribution in [0.4, 0.5) is 10.2 Å². The van der Waals surface area contributed by atoms with Crippen LogP contribution in [-0.4, -0.2) is 45.1 Å². The standard InChI is InChI=1S/C26H22FN5O4/c1-14-22-21(24(30-26(29-22)35-2)31-10-7-16(13-31)32-9-4-8-28-32)25(34)36-23(14)18-12-17(33)11-15-5-3-6-19(27)20(15)18/h3-6,8-9,11-12,16,33H,7,10,13H2,1-2H3. The molecule has 182 valence electrons. The second kappa shape index (κ2) is 8.33. The van der Waals surface area contributed by atoms with Crippen LogP contribution >= 0.6 is 0 Å². The van der Waals surface area contributed by atoms with Gasteiger partial charge in [-0.05, 0) is 43.0 Å². The smallest absolute Gasteiger partial charge is 0.349 e. The van der Waals surface area contributed by atoms with E-state index >= 15 is 0 Å². The Labute approximate surface area is 204 Å². The van der Waals surface area contributed by atoms with Crippen LogP contribution in [0.15, 0.2) is 58.0 Å². The highest BCUT2D eigenvalue weighted by Crippen LogP contribution is 2.38. The summed E-state index contributed by atoms with van der Waals surface area (Å²) in [4.78, 5) is 24.4. The summed E-state index contributed by atoms with van der Waals surface area (Å²) >= 11 is 0. The van der Waals surface area contributed by atoms with Gasteiger partial charge in [0, 0.05) is 42.0 Å². The second-order valence-corrected chi connectivity index (χ2v) is 8.81. The van der Waals surface area contributed by atoms with Crippen LogP contribution in [0.2, 0.25) is 0 Å². The maximum atomic E-state index is 14.9. The molecule has 36 heavy (non-hydrogen) atoms. The molecule has 3 aromatic heterocycles. The number of aryl methyl sites for hydroxylation is 1. The first-order valence-electron chi connectivity index (χ1n) is 11.5. The van der Waals surface area contributed by atoms with E-state index < -0.39 is 11.4 Å². The number of nitrogens with zero attached hydrogens (tertiary/aromatic N) is 5. The normalized spacial score (nSPS) is 15.8. The SMILES string of the molecule is COc1nc(N2CCC(n3cccn3)C2)c2c(=O)oc(-c3cc(O)cc4cccc(F)c34)c(C)c2n1. The summed E-state index contributed by atoms with van der Waals surface area (Å²) in [6, 6.07) is 9.52. The predicted molar refractivity (Wildman–Crippen MR) is 132 cm³/mol. The third-order valence-electron chi connectivity index (χ3n) is 6.66. The number of aromatic nitrogens is 4. The minimum absolute atomic E-state index is 0.0760. The molecule has 0 bridgehead atoms. The molecule has 1 fully saturated rings. The number of methoxy groups -OCH3 is 1. The van der Waals surface area contributed by atoms with Crippen LogP contribution in [0.25, 0.3) is 33.0 Å². The summed E-state index contributed by atoms with van der Waals surface area (Å²) in [5.74, 6) is -0.0248. The molecule has 5 aromatic rings. The van der Waals surface area contributed by atoms with Crippen LogP contribution in [0.1, 0.15) is 18.0 Å². The topological polar surface area (TPSA) is 107 Å². The van der Waals surface area contributed by atoms with Gasteiger partial charge in [0.05, 0.1) is 18.7 Å². The van der Waals surface area contributed by atoms with E-state index in [2.05, 4.69) is 15.1 Å². The fourth-order valence-electron chi connectivity index (χ4n) is 4.99. The Morgan fingerprint density at radius 3 is 2.83 bits per heavy atom. The molecular formula is C26H22FN5O4. The molecule has 2 aromatic carbocycles. The first kappa shape index (κ1) is 22.0. The average molecular weight is 487 g/mol. The molecule has 0 saturated carbocycles. The molecule has 0 amide bonds. The van der Waals surface area contributed by atoms with E-state index in [1.807, 2.05) is 21.8 Å². The van der Waals surface area contributed by atoms with E-state index in [9.17, 15) is 14.3 Å². The molecule has 1 atom stereocenters. The molecule has 1 N–H and O–H groups in total. The van der Waals surface area contributed by atoms with Gasteiger partial charge in [-0.2, -0.15) is 15.1 Å². The van der Waals surface area contributed by atoms with Crippen molar-refractivity contribution in [1.82, 2.24) is 19.7 Å². The quantitative estimate of drug-likeness (QED) is 0.402. The minimum Gasteiger partial charge on any atom is -0.508 e. The Morgan fingerprint density at radius 2 is 2.06 bits per heavy atom. The van der Waals surface area contributed by atoms with Crippen LogP contribution in [0, 0.1) is 12.7 Å². The number of hydrogen-bond donors (Lipinski definition) is 1. The van der Waals surface area contributed by atoms with Crippen molar-refractivity contribution in [1.29, 1.82) is 0 Å². The second-order valence-electron chi connectivity index (χ2n) is 8.81. The zero-order valence-electron chi connectivity index (χ0n) is 19.6. The molecule has 1 aliphatic heterocycles. The monoisotopic (exact) mass is 487 g/mol. The number of phenolic OH excluding ortho intramolecular Hbond substituents is 1. The van der Waals surface area contributed by atoms with E-state index in [0.717, 1.165) is 6.42 Å². The zero-order valence-corrected chi connectivity index (χ0v) is 19.6. The third-order valence-corrected chi connectivity index (χ3v) is 6.66. The Hall–Kier alpha value is -4.47. The molecule has 1 aliphatic rings. The first-order chi connectivity index (χ1) is 17.4. The summed E-state index contributed by atoms with van der Waals surface area (Å²) < 4.78 is 28.0. The lowest BCUT2D eigenvalue weighted by Crippen LogP contribution is -2.24. The number of benzene rings is 2. The van der Waals surface area contributed by atoms with Gasteiger partial charge in [-0.3, -0.25) is 4.68 Å². The summed E-state index contributed by atoms with van der Waals surface area (Å²) in [6.07, 6.45) is 4.47. The molecule has 0 aliphatic carbocycles. The number of ether oxygens (including phenoxy) is 1. The van der Waals surface area contributed by atoms with Crippen LogP contribution < -0.4 is 15.3 Å². The molecule has 10 heteroatoms. The fraction of sp³-hybridized carbons (Fsp3) is 0.231. The average Bonchev–Trinajstić information content (AvgIpc) is 3.57. The lowest BCUT2D eigenvalue weighted by atomic mass is 9.98. The van der Waals surface area contributed by atoms with Crippen LogP contribution in [-0.2, 0) is 0 Å². The highest BCUT2D eigenvalue weighted by Gasteiger charge is 2.30. The van der Waals surface area contributed by atoms with Gasteiger partial charge in [-0.1, -0.05) is 12.1 Å². The van der Waals surface area contributed by atoms with Crippen LogP contribution in [0.3, 0.4) is 0 Å². The van der Waals surface area contributed by atoms with Gasteiger partial charge in [-0.15, -0.1) is 0 Å². The first-order valence-corrected chi connectivity index (χ1v) is 11.5. The van der Waals surface area contributed by atoms with Crippen molar-refractivity contribution in [2.45, 2.75) is 19.4 Å². The lowest BCUT2D eigenvalue weighted by molar-refractivity contribution is 0.381. The summed E-state index contributed by atoms with van der Waals surface area (Å²) in [6.45, 7) is 2.99. The Morgan fingerprint density at radius 1 is 1.19 bits per heavy atom. The number of phenols is 1. The van der Waals surface area contributed by atoms with Crippen molar-refractivity contribution in [3.63, 3.8) is 0 Å². The van der Waals surface area contributed by atoms with Gasteiger partial charge in [0.1, 0.15) is 22.7 Å². The maximum Gasteiger partial charge on any atom is 0.349 e. The molecule has 6 rings (SSSR count). The van der Waals surface area contributed by atoms with Crippen LogP contribution in [0.5, 0.6) is 11.8 Å². The Bertz CT molecular complexity index is 1680. The highest BCUT2D eigenvalue weighted by atomic mass is 19.1. The van der Waals surface area contributed by atoms with Crippen molar-refractivity contribution in [2.75, 3.05) is 25.1 Å². The molecule has 0 radical (unpaired) electrons. The number of halogens is 1. The maximum absolute atomic E-state index is 14.9. The van der Waals surface area contributed by atoms with E-state index in [-0.39, 0.29) is 39.9 Å². The molecular weight excluding hydrogens is 465 g/mol. The van der Waals surface area contributed by atoms with Crippen molar-refractivity contribution >= 4 is 27.5 Å². The fourth-order valence-corrected chi connectivity index (χ4v) is 4.99. The molecule has 0 spiro atoms. The number of anilines is 1. The van der Waals surface area contributed by atoms with Gasteiger partial charge in [0.25, 0.3) is 0 Å². The van der Waals surface area contributed by atoms with E-state index in [4.69, 9.17) is 9.15 Å². The van der Waals surface area contributed by atoms with E-state index in [0.29, 0.717) is 35.4 Å². The molecule has 1 saturated heterocycles. The largest absolute Gasteiger partial charge is 0.508 e. The lowest BCUT2D eigenvalue weighted by Gasteiger charge is -2.20. The van der Waals surface area contributed by atoms with Gasteiger partial charge in [0.2, 0.25) is 0 Å². The van der Waals surface area contributed by atoms with E-state index in [1.165, 1.54) is 25.3 Å². The minimum atomic E-state index is -0.654. The summed E-state index contributed by atoms with van der Waals surface area (Å²) in [7, 11) is 1.46. The van der Waals surface area contributed by atoms with Crippen molar-refractivity contribution < 1.29 is 18.7 Å². The van der Waals surface area contributed by atoms with Gasteiger partial charge in [-0.25, -0.2) is 9.18 Å². The van der Waals surface area contributed by atoms with Crippen molar-refractivity contribution in [3.05, 3.63) is 70.6 Å². The third kappa shape index (κ3) is 3.44. The van der Waals surface area contributed by atoms with Crippen molar-refractivity contribution in [2.24, 2.45) is 0 Å². The number of hydrogen-bond acceptors (Lipinski definition) is 8. The van der Waals surface area contributed by atoms with Gasteiger partial charge >= 0.3 is 11.6 Å². The van der Waals surface area contributed by atoms with E-state index in [1.54, 1.807) is 25.3 Å². The predicted octanol–water partition coefficient (Wildman–Crippen LogP) is 4.21. The molecule has 1 unspecified atom stereocenters. The Balaban J connectivity index is 1.56. The molecule has 9 nitrogen and oxygen atoms in total. The number of aromatic hydroxyl groups is 1. The van der Waals surface area contributed by atoms with Gasteiger partial charge < -0.3 is 19.2 Å². The summed E-state index contributed by atoms with van der Waals surface area (Å²) in [5.41, 5.74) is 0.459. The highest BCUT2D eigenvalue weighted by molar-refractivity contribution is 6.00. The van der Waals surface area contributed by atoms with Crippen molar-refractivity contribution in [3.8, 4) is 23.1 Å². The van der Waals surface area contributed by atoms with Gasteiger partial charge in [0.15, 0.2) is 5.82 Å². The Kier molecular flexibility index (Phi) is 5.10. The number of fused-ring (bicyclic) bond motifs is 2.